The van der Waals surface area contributed by atoms with Crippen LogP contribution in [0.3, 0.4) is 0 Å². The fourth-order valence-electron chi connectivity index (χ4n) is 4.35. The molecule has 1 unspecified atom stereocenters. The summed E-state index contributed by atoms with van der Waals surface area (Å²) in [5.74, 6) is -0.820. The van der Waals surface area contributed by atoms with Crippen LogP contribution in [0.15, 0.2) is 42.5 Å². The van der Waals surface area contributed by atoms with Gasteiger partial charge in [-0.05, 0) is 35.7 Å². The summed E-state index contributed by atoms with van der Waals surface area (Å²) >= 11 is 0. The summed E-state index contributed by atoms with van der Waals surface area (Å²) in [4.78, 5) is 22.5. The molecule has 2 aromatic carbocycles. The third-order valence-corrected chi connectivity index (χ3v) is 6.31. The molecule has 0 bridgehead atoms. The number of rotatable bonds is 6. The predicted octanol–water partition coefficient (Wildman–Crippen LogP) is 2.43. The van der Waals surface area contributed by atoms with Gasteiger partial charge >= 0.3 is 0 Å². The van der Waals surface area contributed by atoms with Crippen LogP contribution in [0.5, 0.6) is 0 Å². The summed E-state index contributed by atoms with van der Waals surface area (Å²) in [6.07, 6.45) is 0.775. The lowest BCUT2D eigenvalue weighted by molar-refractivity contribution is -0.128. The van der Waals surface area contributed by atoms with Crippen molar-refractivity contribution in [1.82, 2.24) is 29.8 Å². The number of nitrogens with two attached hydrogens (primary N) is 1. The zero-order valence-electron chi connectivity index (χ0n) is 19.4. The van der Waals surface area contributed by atoms with Gasteiger partial charge in [0.05, 0.1) is 17.3 Å². The van der Waals surface area contributed by atoms with Crippen molar-refractivity contribution >= 4 is 17.5 Å². The standard InChI is InChI=1S/C25H22F2N8O/c1-34-9-8-19(24(34)36)30-13-15-5-3-7-18(26)17(15)10-21-32-22-11-20(31-25(29)35(22)33-21)16-6-2-4-14(12-28)23(16)27/h2-7,11,19,30H,8-10,13H2,1H3,(H2,29,31). The molecule has 1 atom stereocenters. The largest absolute Gasteiger partial charge is 0.368 e. The number of likely N-dealkylation sites (N-methyl/N-ethyl adjacent to an activating group) is 1. The number of anilines is 1. The van der Waals surface area contributed by atoms with E-state index in [0.717, 1.165) is 0 Å². The number of amides is 1. The highest BCUT2D eigenvalue weighted by Gasteiger charge is 2.28. The number of carbonyl (C=O) groups excluding carboxylic acids is 1. The maximum absolute atomic E-state index is 14.8. The van der Waals surface area contributed by atoms with Crippen molar-refractivity contribution in [3.8, 4) is 17.3 Å². The Morgan fingerprint density at radius 3 is 2.78 bits per heavy atom. The maximum atomic E-state index is 14.8. The van der Waals surface area contributed by atoms with Crippen molar-refractivity contribution in [2.75, 3.05) is 19.3 Å². The van der Waals surface area contributed by atoms with Gasteiger partial charge in [-0.3, -0.25) is 4.79 Å². The first-order valence-corrected chi connectivity index (χ1v) is 11.3. The van der Waals surface area contributed by atoms with Crippen LogP contribution in [0.4, 0.5) is 14.7 Å². The maximum Gasteiger partial charge on any atom is 0.239 e. The van der Waals surface area contributed by atoms with Gasteiger partial charge in [-0.15, -0.1) is 5.10 Å². The molecule has 1 amide bonds. The van der Waals surface area contributed by atoms with Crippen molar-refractivity contribution in [1.29, 1.82) is 5.26 Å². The number of nitrogen functional groups attached to an aromatic ring is 1. The molecular formula is C25H22F2N8O. The van der Waals surface area contributed by atoms with E-state index in [-0.39, 0.29) is 41.1 Å². The number of nitriles is 1. The van der Waals surface area contributed by atoms with Crippen LogP contribution >= 0.6 is 0 Å². The summed E-state index contributed by atoms with van der Waals surface area (Å²) in [6, 6.07) is 12.2. The average molecular weight is 489 g/mol. The van der Waals surface area contributed by atoms with Gasteiger partial charge in [-0.2, -0.15) is 9.78 Å². The summed E-state index contributed by atoms with van der Waals surface area (Å²) in [6.45, 7) is 0.993. The normalized spacial score (nSPS) is 15.6. The van der Waals surface area contributed by atoms with Gasteiger partial charge in [-0.1, -0.05) is 18.2 Å². The van der Waals surface area contributed by atoms with Gasteiger partial charge in [-0.25, -0.2) is 18.7 Å². The molecule has 36 heavy (non-hydrogen) atoms. The zero-order chi connectivity index (χ0) is 25.4. The van der Waals surface area contributed by atoms with Crippen LogP contribution in [-0.2, 0) is 17.8 Å². The van der Waals surface area contributed by atoms with Gasteiger partial charge in [0.15, 0.2) is 11.5 Å². The van der Waals surface area contributed by atoms with Gasteiger partial charge in [0.2, 0.25) is 11.9 Å². The first kappa shape index (κ1) is 23.3. The molecule has 1 saturated heterocycles. The predicted molar refractivity (Wildman–Crippen MR) is 127 cm³/mol. The number of benzene rings is 2. The number of carbonyl (C=O) groups is 1. The van der Waals surface area contributed by atoms with Crippen LogP contribution in [-0.4, -0.2) is 50.0 Å². The number of nitrogens with one attached hydrogen (secondary N) is 1. The molecule has 0 spiro atoms. The highest BCUT2D eigenvalue weighted by Crippen LogP contribution is 2.26. The minimum absolute atomic E-state index is 0.0190. The smallest absolute Gasteiger partial charge is 0.239 e. The topological polar surface area (TPSA) is 125 Å². The molecule has 1 aliphatic heterocycles. The quantitative estimate of drug-likeness (QED) is 0.427. The van der Waals surface area contributed by atoms with E-state index in [1.54, 1.807) is 36.2 Å². The molecule has 5 rings (SSSR count). The molecule has 1 aliphatic rings. The van der Waals surface area contributed by atoms with Crippen molar-refractivity contribution in [2.45, 2.75) is 25.4 Å². The second-order valence-electron chi connectivity index (χ2n) is 8.61. The molecule has 1 fully saturated rings. The number of hydrogen-bond acceptors (Lipinski definition) is 7. The number of hydrogen-bond donors (Lipinski definition) is 2. The monoisotopic (exact) mass is 488 g/mol. The van der Waals surface area contributed by atoms with Crippen molar-refractivity contribution in [3.63, 3.8) is 0 Å². The molecule has 182 valence electrons. The van der Waals surface area contributed by atoms with Crippen LogP contribution in [0.2, 0.25) is 0 Å². The zero-order valence-corrected chi connectivity index (χ0v) is 19.4. The first-order chi connectivity index (χ1) is 17.4. The number of fused-ring (bicyclic) bond motifs is 1. The molecule has 0 aliphatic carbocycles. The SMILES string of the molecule is CN1CCC(NCc2cccc(F)c2Cc2nc3cc(-c4cccc(C#N)c4F)nc(N)n3n2)C1=O. The van der Waals surface area contributed by atoms with Crippen molar-refractivity contribution in [2.24, 2.45) is 0 Å². The Bertz CT molecular complexity index is 1530. The van der Waals surface area contributed by atoms with E-state index in [9.17, 15) is 13.6 Å². The molecule has 3 heterocycles. The fourth-order valence-corrected chi connectivity index (χ4v) is 4.35. The van der Waals surface area contributed by atoms with E-state index in [1.807, 2.05) is 0 Å². The Labute approximate surface area is 205 Å². The number of nitrogens with zero attached hydrogens (tertiary/aromatic N) is 6. The Morgan fingerprint density at radius 2 is 2.03 bits per heavy atom. The van der Waals surface area contributed by atoms with Crippen molar-refractivity contribution < 1.29 is 13.6 Å². The molecule has 0 saturated carbocycles. The first-order valence-electron chi connectivity index (χ1n) is 11.3. The number of halogens is 2. The Morgan fingerprint density at radius 1 is 1.22 bits per heavy atom. The second-order valence-corrected chi connectivity index (χ2v) is 8.61. The fraction of sp³-hybridized carbons (Fsp3) is 0.240. The van der Waals surface area contributed by atoms with E-state index < -0.39 is 11.6 Å². The van der Waals surface area contributed by atoms with Gasteiger partial charge in [0, 0.05) is 38.2 Å². The number of likely N-dealkylation sites (tertiary alicyclic amines) is 1. The summed E-state index contributed by atoms with van der Waals surface area (Å²) < 4.78 is 30.8. The summed E-state index contributed by atoms with van der Waals surface area (Å²) in [5, 5.41) is 16.7. The van der Waals surface area contributed by atoms with Crippen LogP contribution < -0.4 is 11.1 Å². The molecule has 11 heteroatoms. The molecule has 0 radical (unpaired) electrons. The summed E-state index contributed by atoms with van der Waals surface area (Å²) in [7, 11) is 1.76. The Hall–Kier alpha value is -4.43. The molecule has 2 aromatic heterocycles. The molecular weight excluding hydrogens is 466 g/mol. The third kappa shape index (κ3) is 4.23. The average Bonchev–Trinajstić information content (AvgIpc) is 3.42. The Kier molecular flexibility index (Phi) is 6.03. The van der Waals surface area contributed by atoms with E-state index in [4.69, 9.17) is 11.0 Å². The van der Waals surface area contributed by atoms with Crippen molar-refractivity contribution in [3.05, 3.63) is 76.6 Å². The van der Waals surface area contributed by atoms with Gasteiger partial charge < -0.3 is 16.0 Å². The highest BCUT2D eigenvalue weighted by molar-refractivity contribution is 5.83. The molecule has 4 aromatic rings. The van der Waals surface area contributed by atoms with E-state index >= 15 is 0 Å². The van der Waals surface area contributed by atoms with Gasteiger partial charge in [0.25, 0.3) is 0 Å². The lowest BCUT2D eigenvalue weighted by atomic mass is 10.0. The molecule has 3 N–H and O–H groups in total. The van der Waals surface area contributed by atoms with E-state index in [1.165, 1.54) is 28.8 Å². The lowest BCUT2D eigenvalue weighted by Crippen LogP contribution is -2.36. The van der Waals surface area contributed by atoms with E-state index in [0.29, 0.717) is 42.1 Å². The number of aromatic nitrogens is 4. The van der Waals surface area contributed by atoms with Crippen LogP contribution in [0, 0.1) is 23.0 Å². The minimum atomic E-state index is -0.702. The lowest BCUT2D eigenvalue weighted by Gasteiger charge is -2.14. The minimum Gasteiger partial charge on any atom is -0.368 e. The van der Waals surface area contributed by atoms with E-state index in [2.05, 4.69) is 20.4 Å². The third-order valence-electron chi connectivity index (χ3n) is 6.31. The summed E-state index contributed by atoms with van der Waals surface area (Å²) in [5.41, 5.74) is 7.68. The van der Waals surface area contributed by atoms with Crippen LogP contribution in [0.1, 0.15) is 28.9 Å². The Balaban J connectivity index is 1.44. The van der Waals surface area contributed by atoms with Gasteiger partial charge in [0.1, 0.15) is 17.7 Å². The second kappa shape index (κ2) is 9.31. The van der Waals surface area contributed by atoms with Crippen LogP contribution in [0.25, 0.3) is 16.9 Å². The molecule has 9 nitrogen and oxygen atoms in total. The highest BCUT2D eigenvalue weighted by atomic mass is 19.1.